The molecule has 35 heavy (non-hydrogen) atoms. The number of rotatable bonds is 6. The largest absolute Gasteiger partial charge is 0.495 e. The first kappa shape index (κ1) is 23.1. The Labute approximate surface area is 203 Å². The molecule has 180 valence electrons. The van der Waals surface area contributed by atoms with Crippen LogP contribution in [0.4, 0.5) is 0 Å². The second kappa shape index (κ2) is 9.54. The highest BCUT2D eigenvalue weighted by molar-refractivity contribution is 6.11. The predicted octanol–water partition coefficient (Wildman–Crippen LogP) is 0.517. The summed E-state index contributed by atoms with van der Waals surface area (Å²) in [6.45, 7) is 2.08. The van der Waals surface area contributed by atoms with Crippen LogP contribution in [0.1, 0.15) is 45.9 Å². The summed E-state index contributed by atoms with van der Waals surface area (Å²) in [4.78, 5) is 52.1. The fourth-order valence-electron chi connectivity index (χ4n) is 4.76. The van der Waals surface area contributed by atoms with E-state index in [0.29, 0.717) is 37.4 Å². The summed E-state index contributed by atoms with van der Waals surface area (Å²) in [7, 11) is 1.94. The Hall–Kier alpha value is -3.66. The quantitative estimate of drug-likeness (QED) is 0.483. The molecule has 5 rings (SSSR count). The van der Waals surface area contributed by atoms with Crippen LogP contribution < -0.4 is 10.1 Å². The minimum absolute atomic E-state index is 0.00383. The van der Waals surface area contributed by atoms with Gasteiger partial charge in [0.05, 0.1) is 19.2 Å². The lowest BCUT2D eigenvalue weighted by molar-refractivity contribution is -0.143. The average molecular weight is 475 g/mol. The molecule has 0 bridgehead atoms. The van der Waals surface area contributed by atoms with Crippen LogP contribution >= 0.6 is 0 Å². The van der Waals surface area contributed by atoms with Crippen molar-refractivity contribution in [1.29, 1.82) is 0 Å². The van der Waals surface area contributed by atoms with Gasteiger partial charge in [0, 0.05) is 30.6 Å². The van der Waals surface area contributed by atoms with Crippen molar-refractivity contribution in [2.24, 2.45) is 0 Å². The summed E-state index contributed by atoms with van der Waals surface area (Å²) in [6, 6.07) is 12.3. The van der Waals surface area contributed by atoms with Crippen molar-refractivity contribution >= 4 is 31.5 Å². The van der Waals surface area contributed by atoms with Crippen LogP contribution in [-0.4, -0.2) is 67.1 Å². The number of morpholine rings is 1. The summed E-state index contributed by atoms with van der Waals surface area (Å²) < 4.78 is 11.4. The number of benzene rings is 2. The van der Waals surface area contributed by atoms with Crippen LogP contribution in [0.25, 0.3) is 0 Å². The van der Waals surface area contributed by atoms with E-state index in [1.165, 1.54) is 4.90 Å². The minimum Gasteiger partial charge on any atom is -0.495 e. The molecular weight excluding hydrogens is 449 g/mol. The lowest BCUT2D eigenvalue weighted by atomic mass is 9.91. The standard InChI is InChI=1S/C25H26BN3O6/c26-23(16-6-4-15(5-7-16)12-28-10-11-34-14-22(28)31)35-20-3-1-2-17-18(20)13-29(25(17)33)19-8-9-21(30)27-24(19)32/h1-7,19,23H,8-14,26H2,(H,27,30,32). The zero-order valence-corrected chi connectivity index (χ0v) is 19.5. The first-order chi connectivity index (χ1) is 16.9. The van der Waals surface area contributed by atoms with Gasteiger partial charge in [-0.05, 0) is 29.7 Å². The molecule has 2 saturated heterocycles. The molecule has 10 heteroatoms. The Balaban J connectivity index is 1.27. The van der Waals surface area contributed by atoms with E-state index in [-0.39, 0.29) is 43.3 Å². The lowest BCUT2D eigenvalue weighted by Gasteiger charge is -2.29. The molecule has 3 heterocycles. The van der Waals surface area contributed by atoms with Crippen molar-refractivity contribution < 1.29 is 28.7 Å². The molecule has 2 atom stereocenters. The van der Waals surface area contributed by atoms with Gasteiger partial charge >= 0.3 is 0 Å². The summed E-state index contributed by atoms with van der Waals surface area (Å²) in [5.41, 5.74) is 3.26. The van der Waals surface area contributed by atoms with Gasteiger partial charge in [-0.2, -0.15) is 0 Å². The van der Waals surface area contributed by atoms with E-state index in [0.717, 1.165) is 16.7 Å². The average Bonchev–Trinajstić information content (AvgIpc) is 3.18. The van der Waals surface area contributed by atoms with Crippen LogP contribution in [0.3, 0.4) is 0 Å². The Bertz CT molecular complexity index is 1180. The smallest absolute Gasteiger partial charge is 0.255 e. The number of hydrogen-bond donors (Lipinski definition) is 1. The van der Waals surface area contributed by atoms with Gasteiger partial charge < -0.3 is 19.3 Å². The first-order valence-corrected chi connectivity index (χ1v) is 11.8. The van der Waals surface area contributed by atoms with Crippen molar-refractivity contribution in [2.75, 3.05) is 19.8 Å². The van der Waals surface area contributed by atoms with E-state index in [4.69, 9.17) is 9.47 Å². The molecule has 0 spiro atoms. The number of carbonyl (C=O) groups excluding carboxylic acids is 4. The van der Waals surface area contributed by atoms with E-state index < -0.39 is 11.9 Å². The van der Waals surface area contributed by atoms with Crippen LogP contribution in [0.5, 0.6) is 5.75 Å². The van der Waals surface area contributed by atoms with Crippen molar-refractivity contribution in [3.63, 3.8) is 0 Å². The van der Waals surface area contributed by atoms with Gasteiger partial charge in [-0.15, -0.1) is 0 Å². The molecule has 0 aliphatic carbocycles. The highest BCUT2D eigenvalue weighted by Gasteiger charge is 2.40. The molecule has 2 unspecified atom stereocenters. The maximum Gasteiger partial charge on any atom is 0.255 e. The Morgan fingerprint density at radius 2 is 1.91 bits per heavy atom. The molecule has 0 aromatic heterocycles. The minimum atomic E-state index is -0.663. The van der Waals surface area contributed by atoms with Crippen LogP contribution in [0.15, 0.2) is 42.5 Å². The van der Waals surface area contributed by atoms with Crippen molar-refractivity contribution in [3.05, 3.63) is 64.7 Å². The van der Waals surface area contributed by atoms with E-state index in [2.05, 4.69) is 5.32 Å². The summed E-state index contributed by atoms with van der Waals surface area (Å²) in [6.07, 6.45) is 0.534. The van der Waals surface area contributed by atoms with Crippen LogP contribution in [0, 0.1) is 0 Å². The topological polar surface area (TPSA) is 105 Å². The van der Waals surface area contributed by atoms with Gasteiger partial charge in [0.15, 0.2) is 7.85 Å². The van der Waals surface area contributed by atoms with Crippen molar-refractivity contribution in [1.82, 2.24) is 15.1 Å². The maximum atomic E-state index is 13.0. The summed E-state index contributed by atoms with van der Waals surface area (Å²) >= 11 is 0. The second-order valence-electron chi connectivity index (χ2n) is 9.05. The molecule has 0 saturated carbocycles. The molecule has 3 aliphatic rings. The van der Waals surface area contributed by atoms with Crippen molar-refractivity contribution in [3.8, 4) is 5.75 Å². The van der Waals surface area contributed by atoms with Gasteiger partial charge in [-0.3, -0.25) is 24.5 Å². The molecule has 0 radical (unpaired) electrons. The molecule has 2 aromatic carbocycles. The molecule has 2 aromatic rings. The zero-order chi connectivity index (χ0) is 24.5. The highest BCUT2D eigenvalue weighted by Crippen LogP contribution is 2.35. The predicted molar refractivity (Wildman–Crippen MR) is 127 cm³/mol. The Morgan fingerprint density at radius 3 is 2.66 bits per heavy atom. The van der Waals surface area contributed by atoms with Gasteiger partial charge in [-0.25, -0.2) is 0 Å². The second-order valence-corrected chi connectivity index (χ2v) is 9.05. The number of hydrogen-bond acceptors (Lipinski definition) is 6. The fourth-order valence-corrected chi connectivity index (χ4v) is 4.76. The number of carbonyl (C=O) groups is 4. The monoisotopic (exact) mass is 475 g/mol. The van der Waals surface area contributed by atoms with E-state index in [1.807, 2.05) is 38.2 Å². The fraction of sp³-hybridized carbons (Fsp3) is 0.360. The Morgan fingerprint density at radius 1 is 1.11 bits per heavy atom. The van der Waals surface area contributed by atoms with E-state index >= 15 is 0 Å². The molecule has 2 fully saturated rings. The van der Waals surface area contributed by atoms with Gasteiger partial charge in [0.25, 0.3) is 5.91 Å². The van der Waals surface area contributed by atoms with E-state index in [1.54, 1.807) is 17.0 Å². The molecule has 3 aliphatic heterocycles. The molecular formula is C25H26BN3O6. The van der Waals surface area contributed by atoms with E-state index in [9.17, 15) is 19.2 Å². The SMILES string of the molecule is BC(Oc1cccc2c1CN(C1CCC(=O)NC1=O)C2=O)c1ccc(CN2CCOCC2=O)cc1. The van der Waals surface area contributed by atoms with Gasteiger partial charge in [0.1, 0.15) is 18.4 Å². The number of piperidine rings is 1. The number of ether oxygens (including phenoxy) is 2. The Kier molecular flexibility index (Phi) is 6.30. The number of nitrogens with one attached hydrogen (secondary N) is 1. The summed E-state index contributed by atoms with van der Waals surface area (Å²) in [5, 5.41) is 2.32. The number of imide groups is 1. The molecule has 4 amide bonds. The maximum absolute atomic E-state index is 13.0. The van der Waals surface area contributed by atoms with Crippen LogP contribution in [0.2, 0.25) is 0 Å². The summed E-state index contributed by atoms with van der Waals surface area (Å²) in [5.74, 6) is -0.375. The van der Waals surface area contributed by atoms with Gasteiger partial charge in [-0.1, -0.05) is 30.3 Å². The third kappa shape index (κ3) is 4.66. The normalized spacial score (nSPS) is 21.1. The van der Waals surface area contributed by atoms with Crippen LogP contribution in [-0.2, 0) is 32.2 Å². The first-order valence-electron chi connectivity index (χ1n) is 11.8. The molecule has 9 nitrogen and oxygen atoms in total. The number of nitrogens with zero attached hydrogens (tertiary/aromatic N) is 2. The van der Waals surface area contributed by atoms with Crippen molar-refractivity contribution in [2.45, 2.75) is 38.0 Å². The molecule has 1 N–H and O–H groups in total. The zero-order valence-electron chi connectivity index (χ0n) is 19.5. The number of amides is 4. The van der Waals surface area contributed by atoms with Gasteiger partial charge in [0.2, 0.25) is 17.7 Å². The third-order valence-corrected chi connectivity index (χ3v) is 6.75. The number of fused-ring (bicyclic) bond motifs is 1. The highest BCUT2D eigenvalue weighted by atomic mass is 16.5. The lowest BCUT2D eigenvalue weighted by Crippen LogP contribution is -2.52. The third-order valence-electron chi connectivity index (χ3n) is 6.75.